The lowest BCUT2D eigenvalue weighted by atomic mass is 9.86. The summed E-state index contributed by atoms with van der Waals surface area (Å²) < 4.78 is 2.18. The fraction of sp³-hybridized carbons (Fsp3) is 0.500. The lowest BCUT2D eigenvalue weighted by Gasteiger charge is -2.18. The largest absolute Gasteiger partial charge is 0.341 e. The van der Waals surface area contributed by atoms with E-state index < -0.39 is 0 Å². The number of para-hydroxylation sites is 2. The van der Waals surface area contributed by atoms with E-state index in [1.807, 2.05) is 12.1 Å². The smallest absolute Gasteiger partial charge is 0.242 e. The molecular weight excluding hydrogens is 298 g/mol. The molecule has 2 aliphatic carbocycles. The second-order valence-electron chi connectivity index (χ2n) is 7.58. The summed E-state index contributed by atoms with van der Waals surface area (Å²) >= 11 is 0. The van der Waals surface area contributed by atoms with Crippen molar-refractivity contribution in [1.29, 1.82) is 0 Å². The van der Waals surface area contributed by atoms with Crippen LogP contribution in [0.25, 0.3) is 11.0 Å². The predicted molar refractivity (Wildman–Crippen MR) is 93.6 cm³/mol. The number of hydrogen-bond donors (Lipinski definition) is 0. The van der Waals surface area contributed by atoms with Gasteiger partial charge in [0.15, 0.2) is 0 Å². The van der Waals surface area contributed by atoms with Crippen LogP contribution < -0.4 is 0 Å². The van der Waals surface area contributed by atoms with Crippen LogP contribution in [0.1, 0.15) is 37.4 Å². The molecule has 124 valence electrons. The van der Waals surface area contributed by atoms with E-state index in [-0.39, 0.29) is 5.91 Å². The highest BCUT2D eigenvalue weighted by Crippen LogP contribution is 2.41. The molecule has 1 aliphatic heterocycles. The molecule has 1 saturated carbocycles. The summed E-state index contributed by atoms with van der Waals surface area (Å²) in [6.45, 7) is 2.30. The molecule has 1 saturated heterocycles. The molecule has 4 nitrogen and oxygen atoms in total. The Labute approximate surface area is 142 Å². The van der Waals surface area contributed by atoms with E-state index in [2.05, 4.69) is 33.8 Å². The van der Waals surface area contributed by atoms with Crippen molar-refractivity contribution in [3.8, 4) is 0 Å². The first-order valence-electron chi connectivity index (χ1n) is 9.17. The van der Waals surface area contributed by atoms with Gasteiger partial charge in [-0.05, 0) is 49.7 Å². The molecule has 2 fully saturated rings. The third kappa shape index (κ3) is 2.36. The average Bonchev–Trinajstić information content (AvgIpc) is 3.25. The van der Waals surface area contributed by atoms with Gasteiger partial charge in [0, 0.05) is 19.0 Å². The Bertz CT molecular complexity index is 801. The van der Waals surface area contributed by atoms with Gasteiger partial charge in [-0.3, -0.25) is 4.79 Å². The van der Waals surface area contributed by atoms with Crippen molar-refractivity contribution in [2.75, 3.05) is 13.1 Å². The van der Waals surface area contributed by atoms with Gasteiger partial charge in [0.2, 0.25) is 5.91 Å². The van der Waals surface area contributed by atoms with E-state index in [1.54, 1.807) is 0 Å². The number of fused-ring (bicyclic) bond motifs is 2. The molecule has 24 heavy (non-hydrogen) atoms. The minimum absolute atomic E-state index is 0.259. The average molecular weight is 321 g/mol. The van der Waals surface area contributed by atoms with E-state index in [9.17, 15) is 4.79 Å². The monoisotopic (exact) mass is 321 g/mol. The van der Waals surface area contributed by atoms with Crippen molar-refractivity contribution in [2.45, 2.75) is 38.1 Å². The fourth-order valence-corrected chi connectivity index (χ4v) is 4.37. The van der Waals surface area contributed by atoms with Crippen LogP contribution in [0.2, 0.25) is 0 Å². The molecule has 1 aromatic carbocycles. The number of rotatable bonds is 3. The third-order valence-corrected chi connectivity index (χ3v) is 5.89. The number of likely N-dealkylation sites (tertiary alicyclic amines) is 1. The Morgan fingerprint density at radius 3 is 2.50 bits per heavy atom. The summed E-state index contributed by atoms with van der Waals surface area (Å²) in [7, 11) is 0. The first-order chi connectivity index (χ1) is 11.8. The van der Waals surface area contributed by atoms with Gasteiger partial charge in [-0.1, -0.05) is 24.3 Å². The van der Waals surface area contributed by atoms with Gasteiger partial charge in [-0.2, -0.15) is 0 Å². The Hall–Kier alpha value is -2.10. The molecule has 0 N–H and O–H groups in total. The van der Waals surface area contributed by atoms with Gasteiger partial charge in [0.1, 0.15) is 12.4 Å². The number of aromatic nitrogens is 2. The van der Waals surface area contributed by atoms with E-state index in [0.717, 1.165) is 42.8 Å². The number of carbonyl (C=O) groups is 1. The van der Waals surface area contributed by atoms with Crippen LogP contribution in [0.4, 0.5) is 0 Å². The molecule has 0 bridgehead atoms. The SMILES string of the molecule is O=C(Cn1c(C2CC2)nc2ccccc21)N1C[C@H]2CC=CC[C@@H]2C1. The molecule has 5 rings (SSSR count). The number of nitrogens with zero attached hydrogens (tertiary/aromatic N) is 3. The molecule has 1 aromatic heterocycles. The first kappa shape index (κ1) is 14.3. The molecule has 0 radical (unpaired) electrons. The number of imidazole rings is 1. The Morgan fingerprint density at radius 2 is 1.79 bits per heavy atom. The van der Waals surface area contributed by atoms with E-state index in [4.69, 9.17) is 4.98 Å². The van der Waals surface area contributed by atoms with Gasteiger partial charge >= 0.3 is 0 Å². The summed E-state index contributed by atoms with van der Waals surface area (Å²) in [5, 5.41) is 0. The van der Waals surface area contributed by atoms with E-state index in [0.29, 0.717) is 24.3 Å². The maximum atomic E-state index is 13.0. The quantitative estimate of drug-likeness (QED) is 0.813. The minimum Gasteiger partial charge on any atom is -0.341 e. The molecular formula is C20H23N3O. The zero-order chi connectivity index (χ0) is 16.1. The topological polar surface area (TPSA) is 38.1 Å². The highest BCUT2D eigenvalue weighted by molar-refractivity contribution is 5.81. The van der Waals surface area contributed by atoms with Gasteiger partial charge in [-0.25, -0.2) is 4.98 Å². The number of benzene rings is 1. The van der Waals surface area contributed by atoms with Crippen molar-refractivity contribution in [1.82, 2.24) is 14.5 Å². The van der Waals surface area contributed by atoms with Crippen molar-refractivity contribution < 1.29 is 4.79 Å². The third-order valence-electron chi connectivity index (χ3n) is 5.89. The van der Waals surface area contributed by atoms with Crippen LogP contribution in [0.5, 0.6) is 0 Å². The van der Waals surface area contributed by atoms with E-state index in [1.165, 1.54) is 12.8 Å². The molecule has 3 aliphatic rings. The van der Waals surface area contributed by atoms with E-state index >= 15 is 0 Å². The summed E-state index contributed by atoms with van der Waals surface area (Å²) in [5.41, 5.74) is 2.12. The van der Waals surface area contributed by atoms with Crippen LogP contribution in [-0.4, -0.2) is 33.4 Å². The Balaban J connectivity index is 1.40. The van der Waals surface area contributed by atoms with Crippen molar-refractivity contribution >= 4 is 16.9 Å². The Kier molecular flexibility index (Phi) is 3.25. The molecule has 2 aromatic rings. The van der Waals surface area contributed by atoms with Gasteiger partial charge in [0.25, 0.3) is 0 Å². The molecule has 4 heteroatoms. The van der Waals surface area contributed by atoms with Crippen molar-refractivity contribution in [3.63, 3.8) is 0 Å². The number of carbonyl (C=O) groups excluding carboxylic acids is 1. The van der Waals surface area contributed by atoms with Crippen LogP contribution in [0, 0.1) is 11.8 Å². The highest BCUT2D eigenvalue weighted by Gasteiger charge is 2.36. The molecule has 0 spiro atoms. The summed E-state index contributed by atoms with van der Waals surface area (Å²) in [4.78, 5) is 19.9. The predicted octanol–water partition coefficient (Wildman–Crippen LogP) is 3.34. The Morgan fingerprint density at radius 1 is 1.08 bits per heavy atom. The number of amides is 1. The minimum atomic E-state index is 0.259. The highest BCUT2D eigenvalue weighted by atomic mass is 16.2. The number of allylic oxidation sites excluding steroid dienone is 2. The molecule has 2 heterocycles. The lowest BCUT2D eigenvalue weighted by molar-refractivity contribution is -0.131. The summed E-state index contributed by atoms with van der Waals surface area (Å²) in [6, 6.07) is 8.21. The molecule has 1 amide bonds. The van der Waals surface area contributed by atoms with Crippen LogP contribution >= 0.6 is 0 Å². The molecule has 0 unspecified atom stereocenters. The number of hydrogen-bond acceptors (Lipinski definition) is 2. The van der Waals surface area contributed by atoms with Crippen molar-refractivity contribution in [2.24, 2.45) is 11.8 Å². The summed E-state index contributed by atoms with van der Waals surface area (Å²) in [5.74, 6) is 3.26. The normalized spacial score (nSPS) is 26.1. The van der Waals surface area contributed by atoms with Gasteiger partial charge in [0.05, 0.1) is 11.0 Å². The maximum Gasteiger partial charge on any atom is 0.242 e. The van der Waals surface area contributed by atoms with Crippen LogP contribution in [0.3, 0.4) is 0 Å². The van der Waals surface area contributed by atoms with Crippen LogP contribution in [0.15, 0.2) is 36.4 Å². The standard InChI is InChI=1S/C20H23N3O/c24-19(22-11-15-5-1-2-6-16(15)12-22)13-23-18-8-4-3-7-17(18)21-20(23)14-9-10-14/h1-4,7-8,14-16H,5-6,9-13H2/t15-,16-/m1/s1. The zero-order valence-corrected chi connectivity index (χ0v) is 13.9. The zero-order valence-electron chi connectivity index (χ0n) is 13.9. The van der Waals surface area contributed by atoms with Gasteiger partial charge < -0.3 is 9.47 Å². The summed E-state index contributed by atoms with van der Waals surface area (Å²) in [6.07, 6.45) is 9.24. The second kappa shape index (κ2) is 5.47. The first-order valence-corrected chi connectivity index (χ1v) is 9.17. The molecule has 2 atom stereocenters. The van der Waals surface area contributed by atoms with Gasteiger partial charge in [-0.15, -0.1) is 0 Å². The lowest BCUT2D eigenvalue weighted by Crippen LogP contribution is -2.32. The second-order valence-corrected chi connectivity index (χ2v) is 7.58. The van der Waals surface area contributed by atoms with Crippen molar-refractivity contribution in [3.05, 3.63) is 42.2 Å². The fourth-order valence-electron chi connectivity index (χ4n) is 4.37. The van der Waals surface area contributed by atoms with Crippen LogP contribution in [-0.2, 0) is 11.3 Å². The maximum absolute atomic E-state index is 13.0.